The first-order valence-electron chi connectivity index (χ1n) is 5.26. The zero-order chi connectivity index (χ0) is 11.4. The van der Waals surface area contributed by atoms with Gasteiger partial charge in [0.05, 0.1) is 0 Å². The van der Waals surface area contributed by atoms with Gasteiger partial charge in [0.1, 0.15) is 5.75 Å². The van der Waals surface area contributed by atoms with Gasteiger partial charge in [0.2, 0.25) is 0 Å². The molecule has 82 valence electrons. The second-order valence-corrected chi connectivity index (χ2v) is 4.23. The van der Waals surface area contributed by atoms with Crippen molar-refractivity contribution >= 4 is 11.6 Å². The highest BCUT2D eigenvalue weighted by atomic mass is 35.5. The molecule has 0 saturated heterocycles. The molecule has 0 fully saturated rings. The fourth-order valence-corrected chi connectivity index (χ4v) is 1.73. The third-order valence-electron chi connectivity index (χ3n) is 2.55. The maximum Gasteiger partial charge on any atom is 0.115 e. The van der Waals surface area contributed by atoms with Crippen LogP contribution in [0, 0.1) is 0 Å². The number of hydrogen-bond acceptors (Lipinski definition) is 1. The fourth-order valence-electron chi connectivity index (χ4n) is 1.60. The molecule has 0 bridgehead atoms. The van der Waals surface area contributed by atoms with Crippen molar-refractivity contribution in [3.63, 3.8) is 0 Å². The Morgan fingerprint density at radius 3 is 1.69 bits per heavy atom. The molecule has 0 unspecified atom stereocenters. The van der Waals surface area contributed by atoms with Gasteiger partial charge in [-0.2, -0.15) is 0 Å². The molecule has 0 heterocycles. The van der Waals surface area contributed by atoms with Crippen LogP contribution < -0.4 is 0 Å². The molecule has 1 N–H and O–H groups in total. The average molecular weight is 233 g/mol. The molecule has 2 aromatic rings. The Hall–Kier alpha value is -1.47. The monoisotopic (exact) mass is 232 g/mol. The van der Waals surface area contributed by atoms with Crippen molar-refractivity contribution < 1.29 is 5.11 Å². The number of benzene rings is 2. The molecule has 0 spiro atoms. The van der Waals surface area contributed by atoms with E-state index in [4.69, 9.17) is 16.7 Å². The Morgan fingerprint density at radius 2 is 1.19 bits per heavy atom. The molecular weight excluding hydrogens is 220 g/mol. The van der Waals surface area contributed by atoms with E-state index in [9.17, 15) is 0 Å². The van der Waals surface area contributed by atoms with E-state index in [1.54, 1.807) is 12.1 Å². The molecule has 0 radical (unpaired) electrons. The van der Waals surface area contributed by atoms with Gasteiger partial charge in [-0.25, -0.2) is 0 Å². The van der Waals surface area contributed by atoms with E-state index in [2.05, 4.69) is 0 Å². The summed E-state index contributed by atoms with van der Waals surface area (Å²) in [4.78, 5) is 0. The SMILES string of the molecule is Oc1ccc(CCc2ccc(Cl)cc2)cc1. The van der Waals surface area contributed by atoms with Crippen molar-refractivity contribution in [1.29, 1.82) is 0 Å². The molecule has 0 aliphatic rings. The summed E-state index contributed by atoms with van der Waals surface area (Å²) in [6, 6.07) is 15.2. The van der Waals surface area contributed by atoms with E-state index in [0.29, 0.717) is 5.75 Å². The summed E-state index contributed by atoms with van der Waals surface area (Å²) in [5.74, 6) is 0.315. The maximum atomic E-state index is 9.16. The lowest BCUT2D eigenvalue weighted by atomic mass is 10.0. The van der Waals surface area contributed by atoms with E-state index in [1.165, 1.54) is 11.1 Å². The van der Waals surface area contributed by atoms with Crippen LogP contribution >= 0.6 is 11.6 Å². The summed E-state index contributed by atoms with van der Waals surface area (Å²) >= 11 is 5.82. The molecule has 1 nitrogen and oxygen atoms in total. The van der Waals surface area contributed by atoms with Crippen molar-refractivity contribution in [3.05, 3.63) is 64.7 Å². The predicted molar refractivity (Wildman–Crippen MR) is 67.0 cm³/mol. The minimum absolute atomic E-state index is 0.315. The molecule has 0 aliphatic heterocycles. The van der Waals surface area contributed by atoms with Gasteiger partial charge in [-0.15, -0.1) is 0 Å². The van der Waals surface area contributed by atoms with Crippen molar-refractivity contribution in [2.45, 2.75) is 12.8 Å². The third kappa shape index (κ3) is 3.01. The number of phenols is 1. The van der Waals surface area contributed by atoms with Crippen LogP contribution in [0.5, 0.6) is 5.75 Å². The van der Waals surface area contributed by atoms with Gasteiger partial charge >= 0.3 is 0 Å². The molecule has 0 aromatic heterocycles. The minimum Gasteiger partial charge on any atom is -0.508 e. The molecule has 2 rings (SSSR count). The van der Waals surface area contributed by atoms with Crippen LogP contribution in [-0.4, -0.2) is 5.11 Å². The summed E-state index contributed by atoms with van der Waals surface area (Å²) in [7, 11) is 0. The standard InChI is InChI=1S/C14H13ClO/c15-13-7-3-11(4-8-13)1-2-12-5-9-14(16)10-6-12/h3-10,16H,1-2H2. The van der Waals surface area contributed by atoms with Crippen molar-refractivity contribution in [3.8, 4) is 5.75 Å². The van der Waals surface area contributed by atoms with Crippen LogP contribution in [0.4, 0.5) is 0 Å². The van der Waals surface area contributed by atoms with Crippen LogP contribution in [0.15, 0.2) is 48.5 Å². The Kier molecular flexibility index (Phi) is 3.47. The number of rotatable bonds is 3. The molecular formula is C14H13ClO. The van der Waals surface area contributed by atoms with E-state index < -0.39 is 0 Å². The van der Waals surface area contributed by atoms with Crippen molar-refractivity contribution in [2.75, 3.05) is 0 Å². The Balaban J connectivity index is 1.97. The van der Waals surface area contributed by atoms with Crippen LogP contribution in [0.1, 0.15) is 11.1 Å². The maximum absolute atomic E-state index is 9.16. The number of hydrogen-bond donors (Lipinski definition) is 1. The van der Waals surface area contributed by atoms with Crippen LogP contribution in [0.3, 0.4) is 0 Å². The number of aromatic hydroxyl groups is 1. The molecule has 16 heavy (non-hydrogen) atoms. The molecule has 0 atom stereocenters. The smallest absolute Gasteiger partial charge is 0.115 e. The fraction of sp³-hybridized carbons (Fsp3) is 0.143. The van der Waals surface area contributed by atoms with E-state index in [0.717, 1.165) is 17.9 Å². The van der Waals surface area contributed by atoms with Gasteiger partial charge in [-0.1, -0.05) is 35.9 Å². The van der Waals surface area contributed by atoms with Gasteiger partial charge < -0.3 is 5.11 Å². The highest BCUT2D eigenvalue weighted by Crippen LogP contribution is 2.14. The zero-order valence-electron chi connectivity index (χ0n) is 8.86. The first-order valence-corrected chi connectivity index (χ1v) is 5.64. The van der Waals surface area contributed by atoms with E-state index in [-0.39, 0.29) is 0 Å². The number of halogens is 1. The second-order valence-electron chi connectivity index (χ2n) is 3.79. The van der Waals surface area contributed by atoms with Crippen molar-refractivity contribution in [1.82, 2.24) is 0 Å². The number of aryl methyl sites for hydroxylation is 2. The number of phenolic OH excluding ortho intramolecular Hbond substituents is 1. The highest BCUT2D eigenvalue weighted by Gasteiger charge is 1.96. The molecule has 2 aromatic carbocycles. The van der Waals surface area contributed by atoms with Gasteiger partial charge in [0.25, 0.3) is 0 Å². The van der Waals surface area contributed by atoms with Gasteiger partial charge in [-0.3, -0.25) is 0 Å². The largest absolute Gasteiger partial charge is 0.508 e. The summed E-state index contributed by atoms with van der Waals surface area (Å²) in [6.45, 7) is 0. The highest BCUT2D eigenvalue weighted by molar-refractivity contribution is 6.30. The Bertz CT molecular complexity index is 400. The lowest BCUT2D eigenvalue weighted by Crippen LogP contribution is -1.90. The first-order chi connectivity index (χ1) is 7.74. The van der Waals surface area contributed by atoms with Crippen molar-refractivity contribution in [2.24, 2.45) is 0 Å². The van der Waals surface area contributed by atoms with Gasteiger partial charge in [-0.05, 0) is 48.2 Å². The minimum atomic E-state index is 0.315. The van der Waals surface area contributed by atoms with Crippen LogP contribution in [0.25, 0.3) is 0 Å². The normalized spacial score (nSPS) is 10.3. The van der Waals surface area contributed by atoms with E-state index in [1.807, 2.05) is 36.4 Å². The third-order valence-corrected chi connectivity index (χ3v) is 2.80. The quantitative estimate of drug-likeness (QED) is 0.853. The van der Waals surface area contributed by atoms with Gasteiger partial charge in [0, 0.05) is 5.02 Å². The van der Waals surface area contributed by atoms with Crippen LogP contribution in [0.2, 0.25) is 5.02 Å². The zero-order valence-corrected chi connectivity index (χ0v) is 9.61. The average Bonchev–Trinajstić information content (AvgIpc) is 2.30. The molecule has 0 aliphatic carbocycles. The predicted octanol–water partition coefficient (Wildman–Crippen LogP) is 3.83. The Morgan fingerprint density at radius 1 is 0.750 bits per heavy atom. The summed E-state index contributed by atoms with van der Waals surface area (Å²) in [5, 5.41) is 9.93. The van der Waals surface area contributed by atoms with E-state index >= 15 is 0 Å². The summed E-state index contributed by atoms with van der Waals surface area (Å²) < 4.78 is 0. The second kappa shape index (κ2) is 5.04. The summed E-state index contributed by atoms with van der Waals surface area (Å²) in [5.41, 5.74) is 2.50. The lowest BCUT2D eigenvalue weighted by Gasteiger charge is -2.02. The van der Waals surface area contributed by atoms with Crippen LogP contribution in [-0.2, 0) is 12.8 Å². The summed E-state index contributed by atoms with van der Waals surface area (Å²) in [6.07, 6.45) is 1.96. The first kappa shape index (κ1) is 11.0. The molecule has 2 heteroatoms. The molecule has 0 amide bonds. The molecule has 0 saturated carbocycles. The van der Waals surface area contributed by atoms with Gasteiger partial charge in [0.15, 0.2) is 0 Å². The Labute approximate surface area is 100 Å². The lowest BCUT2D eigenvalue weighted by molar-refractivity contribution is 0.475. The topological polar surface area (TPSA) is 20.2 Å².